The number of hydrogen-bond donors (Lipinski definition) is 0. The number of aromatic nitrogens is 5. The summed E-state index contributed by atoms with van der Waals surface area (Å²) in [5.74, 6) is -0.134. The van der Waals surface area contributed by atoms with Crippen LogP contribution in [0.3, 0.4) is 0 Å². The third-order valence-electron chi connectivity index (χ3n) is 6.83. The summed E-state index contributed by atoms with van der Waals surface area (Å²) in [5, 5.41) is 9.37. The van der Waals surface area contributed by atoms with Crippen molar-refractivity contribution < 1.29 is 13.2 Å². The van der Waals surface area contributed by atoms with E-state index in [1.807, 2.05) is 55.1 Å². The van der Waals surface area contributed by atoms with Crippen LogP contribution in [0, 0.1) is 13.8 Å². The molecule has 36 heavy (non-hydrogen) atoms. The molecule has 0 N–H and O–H groups in total. The molecular weight excluding hydrogens is 478 g/mol. The number of benzene rings is 1. The fourth-order valence-electron chi connectivity index (χ4n) is 4.59. The van der Waals surface area contributed by atoms with Gasteiger partial charge in [-0.3, -0.25) is 14.2 Å². The largest absolute Gasteiger partial charge is 0.336 e. The molecule has 3 aromatic heterocycles. The summed E-state index contributed by atoms with van der Waals surface area (Å²) in [6, 6.07) is 9.42. The monoisotopic (exact) mass is 507 g/mol. The first kappa shape index (κ1) is 24.1. The summed E-state index contributed by atoms with van der Waals surface area (Å²) in [7, 11) is -1.96. The van der Waals surface area contributed by atoms with Gasteiger partial charge in [0.1, 0.15) is 4.90 Å². The van der Waals surface area contributed by atoms with Gasteiger partial charge in [0.15, 0.2) is 0 Å². The number of para-hydroxylation sites is 1. The molecule has 4 heterocycles. The van der Waals surface area contributed by atoms with Crippen molar-refractivity contribution in [2.45, 2.75) is 32.2 Å². The van der Waals surface area contributed by atoms with Crippen molar-refractivity contribution in [1.29, 1.82) is 0 Å². The van der Waals surface area contributed by atoms with E-state index in [0.717, 1.165) is 28.7 Å². The molecule has 1 aliphatic heterocycles. The number of pyridine rings is 1. The zero-order chi connectivity index (χ0) is 25.6. The molecule has 0 unspecified atom stereocenters. The Morgan fingerprint density at radius 3 is 2.44 bits per heavy atom. The quantitative estimate of drug-likeness (QED) is 0.411. The predicted octanol–water partition coefficient (Wildman–Crippen LogP) is 2.62. The molecule has 0 radical (unpaired) electrons. The molecule has 4 aromatic rings. The molecule has 1 aromatic carbocycles. The van der Waals surface area contributed by atoms with Gasteiger partial charge < -0.3 is 4.90 Å². The number of sulfonamides is 1. The minimum Gasteiger partial charge on any atom is -0.336 e. The van der Waals surface area contributed by atoms with E-state index < -0.39 is 10.0 Å². The van der Waals surface area contributed by atoms with Gasteiger partial charge in [0, 0.05) is 56.9 Å². The second-order valence-electron chi connectivity index (χ2n) is 8.97. The van der Waals surface area contributed by atoms with Gasteiger partial charge in [0.05, 0.1) is 34.4 Å². The van der Waals surface area contributed by atoms with E-state index in [1.165, 1.54) is 10.5 Å². The highest BCUT2D eigenvalue weighted by Gasteiger charge is 2.33. The maximum Gasteiger partial charge on any atom is 0.254 e. The molecule has 0 atom stereocenters. The van der Waals surface area contributed by atoms with E-state index in [0.29, 0.717) is 30.0 Å². The third-order valence-corrected chi connectivity index (χ3v) is 8.83. The van der Waals surface area contributed by atoms with E-state index in [1.54, 1.807) is 23.6 Å². The van der Waals surface area contributed by atoms with Crippen LogP contribution in [-0.2, 0) is 23.6 Å². The van der Waals surface area contributed by atoms with Gasteiger partial charge in [-0.15, -0.1) is 0 Å². The van der Waals surface area contributed by atoms with Gasteiger partial charge in [0.2, 0.25) is 10.0 Å². The molecule has 1 fully saturated rings. The molecule has 1 amide bonds. The second-order valence-corrected chi connectivity index (χ2v) is 10.9. The van der Waals surface area contributed by atoms with Crippen LogP contribution in [0.4, 0.5) is 0 Å². The van der Waals surface area contributed by atoms with Gasteiger partial charge in [-0.2, -0.15) is 14.5 Å². The first-order chi connectivity index (χ1) is 17.2. The van der Waals surface area contributed by atoms with Crippen LogP contribution in [0.1, 0.15) is 28.7 Å². The zero-order valence-electron chi connectivity index (χ0n) is 20.8. The Labute approximate surface area is 210 Å². The first-order valence-electron chi connectivity index (χ1n) is 11.9. The lowest BCUT2D eigenvalue weighted by atomic mass is 10.0. The first-order valence-corrected chi connectivity index (χ1v) is 13.4. The Hall–Kier alpha value is -3.57. The van der Waals surface area contributed by atoms with Crippen molar-refractivity contribution in [2.75, 3.05) is 26.2 Å². The smallest absolute Gasteiger partial charge is 0.254 e. The molecule has 5 rings (SSSR count). The molecule has 0 aliphatic carbocycles. The average Bonchev–Trinajstić information content (AvgIpc) is 3.44. The number of hydrogen-bond acceptors (Lipinski definition) is 6. The number of fused-ring (bicyclic) bond motifs is 1. The molecule has 0 bridgehead atoms. The minimum absolute atomic E-state index is 0.134. The highest BCUT2D eigenvalue weighted by Crippen LogP contribution is 2.28. The van der Waals surface area contributed by atoms with Crippen LogP contribution >= 0.6 is 0 Å². The van der Waals surface area contributed by atoms with Crippen LogP contribution in [0.2, 0.25) is 0 Å². The minimum atomic E-state index is -3.68. The Morgan fingerprint density at radius 2 is 1.81 bits per heavy atom. The number of carbonyl (C=O) groups excluding carboxylic acids is 1. The van der Waals surface area contributed by atoms with E-state index in [2.05, 4.69) is 10.2 Å². The molecular formula is C25H29N7O3S. The maximum atomic E-state index is 13.7. The summed E-state index contributed by atoms with van der Waals surface area (Å²) in [6.45, 7) is 7.48. The van der Waals surface area contributed by atoms with Crippen LogP contribution in [0.5, 0.6) is 0 Å². The molecule has 188 valence electrons. The standard InChI is InChI=1S/C25H29N7O3S/c1-5-31-16-21(17(2)28-31)23-14-20(19-8-6-7-9-22(19)27-23)25(33)30-10-12-32(13-11-30)36(34,35)24-15-26-29(4)18(24)3/h6-9,14-16H,5,10-13H2,1-4H3. The average molecular weight is 508 g/mol. The van der Waals surface area contributed by atoms with Gasteiger partial charge in [-0.1, -0.05) is 18.2 Å². The molecule has 1 saturated heterocycles. The SMILES string of the molecule is CCn1cc(-c2cc(C(=O)N3CCN(S(=O)(=O)c4cnn(C)c4C)CC3)c3ccccc3n2)c(C)n1. The van der Waals surface area contributed by atoms with Crippen molar-refractivity contribution in [1.82, 2.24) is 33.8 Å². The Morgan fingerprint density at radius 1 is 1.08 bits per heavy atom. The summed E-state index contributed by atoms with van der Waals surface area (Å²) in [5.41, 5.74) is 4.31. The lowest BCUT2D eigenvalue weighted by Crippen LogP contribution is -2.50. The number of piperazine rings is 1. The van der Waals surface area contributed by atoms with Crippen molar-refractivity contribution in [2.24, 2.45) is 7.05 Å². The number of nitrogens with zero attached hydrogens (tertiary/aromatic N) is 7. The Bertz CT molecular complexity index is 1560. The van der Waals surface area contributed by atoms with Gasteiger partial charge in [0.25, 0.3) is 5.91 Å². The third kappa shape index (κ3) is 4.07. The van der Waals surface area contributed by atoms with Crippen molar-refractivity contribution in [3.63, 3.8) is 0 Å². The van der Waals surface area contributed by atoms with E-state index in [-0.39, 0.29) is 23.9 Å². The van der Waals surface area contributed by atoms with E-state index >= 15 is 0 Å². The molecule has 0 saturated carbocycles. The topological polar surface area (TPSA) is 106 Å². The highest BCUT2D eigenvalue weighted by atomic mass is 32.2. The van der Waals surface area contributed by atoms with Crippen LogP contribution in [0.15, 0.2) is 47.6 Å². The molecule has 11 heteroatoms. The molecule has 10 nitrogen and oxygen atoms in total. The Kier molecular flexibility index (Phi) is 6.13. The number of carbonyl (C=O) groups is 1. The van der Waals surface area contributed by atoms with Gasteiger partial charge in [-0.25, -0.2) is 13.4 Å². The van der Waals surface area contributed by atoms with Crippen molar-refractivity contribution in [3.8, 4) is 11.3 Å². The fourth-order valence-corrected chi connectivity index (χ4v) is 6.20. The lowest BCUT2D eigenvalue weighted by Gasteiger charge is -2.34. The second kappa shape index (κ2) is 9.14. The fraction of sp³-hybridized carbons (Fsp3) is 0.360. The highest BCUT2D eigenvalue weighted by molar-refractivity contribution is 7.89. The summed E-state index contributed by atoms with van der Waals surface area (Å²) in [6.07, 6.45) is 3.33. The van der Waals surface area contributed by atoms with Crippen LogP contribution in [-0.4, -0.2) is 74.3 Å². The van der Waals surface area contributed by atoms with E-state index in [9.17, 15) is 13.2 Å². The summed E-state index contributed by atoms with van der Waals surface area (Å²) in [4.78, 5) is 20.5. The Balaban J connectivity index is 1.43. The van der Waals surface area contributed by atoms with E-state index in [4.69, 9.17) is 4.98 Å². The maximum absolute atomic E-state index is 13.7. The summed E-state index contributed by atoms with van der Waals surface area (Å²) >= 11 is 0. The van der Waals surface area contributed by atoms with Gasteiger partial charge >= 0.3 is 0 Å². The predicted molar refractivity (Wildman–Crippen MR) is 136 cm³/mol. The van der Waals surface area contributed by atoms with Crippen LogP contribution in [0.25, 0.3) is 22.2 Å². The van der Waals surface area contributed by atoms with Gasteiger partial charge in [-0.05, 0) is 32.9 Å². The van der Waals surface area contributed by atoms with Crippen molar-refractivity contribution in [3.05, 3.63) is 59.7 Å². The number of amides is 1. The zero-order valence-corrected chi connectivity index (χ0v) is 21.7. The number of aryl methyl sites for hydroxylation is 3. The molecule has 0 spiro atoms. The molecule has 1 aliphatic rings. The normalized spacial score (nSPS) is 15.1. The van der Waals surface area contributed by atoms with Crippen LogP contribution < -0.4 is 0 Å². The number of rotatable bonds is 5. The van der Waals surface area contributed by atoms with Crippen molar-refractivity contribution >= 4 is 26.8 Å². The summed E-state index contributed by atoms with van der Waals surface area (Å²) < 4.78 is 31.1. The lowest BCUT2D eigenvalue weighted by molar-refractivity contribution is 0.0700.